The number of carbonyl (C=O) groups is 1. The molecule has 2 heterocycles. The summed E-state index contributed by atoms with van der Waals surface area (Å²) in [6.07, 6.45) is 7.74. The van der Waals surface area contributed by atoms with Gasteiger partial charge in [-0.05, 0) is 51.3 Å². The van der Waals surface area contributed by atoms with Gasteiger partial charge in [0.1, 0.15) is 6.10 Å². The van der Waals surface area contributed by atoms with E-state index >= 15 is 0 Å². The predicted molar refractivity (Wildman–Crippen MR) is 116 cm³/mol. The van der Waals surface area contributed by atoms with E-state index < -0.39 is 0 Å². The van der Waals surface area contributed by atoms with Crippen molar-refractivity contribution >= 4 is 5.91 Å². The second-order valence-electron chi connectivity index (χ2n) is 7.22. The maximum atomic E-state index is 12.5. The molecule has 166 valence electrons. The molecular weight excluding hydrogens is 373 g/mol. The first-order valence-electron chi connectivity index (χ1n) is 10.5. The highest BCUT2D eigenvalue weighted by Crippen LogP contribution is 2.15. The molecule has 2 unspecified atom stereocenters. The van der Waals surface area contributed by atoms with Crippen LogP contribution in [0.3, 0.4) is 0 Å². The molecule has 0 aliphatic carbocycles. The highest BCUT2D eigenvalue weighted by molar-refractivity contribution is 5.81. The standard InChI is InChI=1S/C12H20FNO.C10H18N2O2/c1-5-12(7-6-10(2)13)11(3)14-8-9-15-4;13-10(9-3-1-8-14-9)12-6-2-4-11-5-7-12/h5-7,11,14H,1,8-9H2,2-4H3;9,11H,1-8H2/b10-6+,12-7+;. The van der Waals surface area contributed by atoms with E-state index in [0.717, 1.165) is 64.2 Å². The second-order valence-corrected chi connectivity index (χ2v) is 7.22. The molecule has 6 nitrogen and oxygen atoms in total. The molecule has 0 aromatic rings. The number of methoxy groups -OCH3 is 1. The van der Waals surface area contributed by atoms with E-state index in [2.05, 4.69) is 17.2 Å². The van der Waals surface area contributed by atoms with Crippen LogP contribution in [0, 0.1) is 0 Å². The Labute approximate surface area is 175 Å². The topological polar surface area (TPSA) is 62.8 Å². The molecule has 2 N–H and O–H groups in total. The molecule has 29 heavy (non-hydrogen) atoms. The molecular formula is C22H38FN3O3. The molecule has 0 saturated carbocycles. The fourth-order valence-corrected chi connectivity index (χ4v) is 3.14. The molecule has 2 saturated heterocycles. The van der Waals surface area contributed by atoms with Crippen molar-refractivity contribution in [2.45, 2.75) is 45.3 Å². The van der Waals surface area contributed by atoms with E-state index in [0.29, 0.717) is 6.61 Å². The molecule has 0 radical (unpaired) electrons. The van der Waals surface area contributed by atoms with Crippen LogP contribution < -0.4 is 10.6 Å². The number of ether oxygens (including phenoxy) is 2. The van der Waals surface area contributed by atoms with Gasteiger partial charge < -0.3 is 25.0 Å². The van der Waals surface area contributed by atoms with E-state index in [4.69, 9.17) is 9.47 Å². The number of rotatable bonds is 8. The molecule has 1 amide bonds. The van der Waals surface area contributed by atoms with Gasteiger partial charge >= 0.3 is 0 Å². The Morgan fingerprint density at radius 1 is 1.38 bits per heavy atom. The van der Waals surface area contributed by atoms with Gasteiger partial charge in [0.05, 0.1) is 12.4 Å². The van der Waals surface area contributed by atoms with E-state index in [9.17, 15) is 9.18 Å². The van der Waals surface area contributed by atoms with Crippen LogP contribution in [0.5, 0.6) is 0 Å². The summed E-state index contributed by atoms with van der Waals surface area (Å²) in [6, 6.07) is 0.147. The fraction of sp³-hybridized carbons (Fsp3) is 0.682. The smallest absolute Gasteiger partial charge is 0.251 e. The Hall–Kier alpha value is -1.54. The zero-order valence-corrected chi connectivity index (χ0v) is 18.2. The van der Waals surface area contributed by atoms with Crippen molar-refractivity contribution in [3.8, 4) is 0 Å². The monoisotopic (exact) mass is 411 g/mol. The van der Waals surface area contributed by atoms with Gasteiger partial charge in [0.2, 0.25) is 0 Å². The van der Waals surface area contributed by atoms with Crippen molar-refractivity contribution in [3.05, 3.63) is 36.2 Å². The molecule has 0 aromatic carbocycles. The summed E-state index contributed by atoms with van der Waals surface area (Å²) < 4.78 is 22.8. The number of amides is 1. The Balaban J connectivity index is 0.000000290. The molecule has 7 heteroatoms. The molecule has 2 rings (SSSR count). The first-order chi connectivity index (χ1) is 14.0. The van der Waals surface area contributed by atoms with Gasteiger partial charge in [0, 0.05) is 45.9 Å². The number of hydrogen-bond donors (Lipinski definition) is 2. The maximum Gasteiger partial charge on any atom is 0.251 e. The van der Waals surface area contributed by atoms with Crippen molar-refractivity contribution in [2.75, 3.05) is 53.0 Å². The zero-order valence-electron chi connectivity index (χ0n) is 18.2. The van der Waals surface area contributed by atoms with Crippen LogP contribution in [0.2, 0.25) is 0 Å². The van der Waals surface area contributed by atoms with E-state index in [-0.39, 0.29) is 23.9 Å². The summed E-state index contributed by atoms with van der Waals surface area (Å²) in [6.45, 7) is 12.9. The molecule has 2 atom stereocenters. The Morgan fingerprint density at radius 2 is 2.17 bits per heavy atom. The van der Waals surface area contributed by atoms with Crippen LogP contribution in [0.25, 0.3) is 0 Å². The lowest BCUT2D eigenvalue weighted by Crippen LogP contribution is -2.40. The predicted octanol–water partition coefficient (Wildman–Crippen LogP) is 2.58. The summed E-state index contributed by atoms with van der Waals surface area (Å²) in [5, 5.41) is 6.53. The number of halogens is 1. The summed E-state index contributed by atoms with van der Waals surface area (Å²) in [4.78, 5) is 13.9. The number of nitrogens with one attached hydrogen (secondary N) is 2. The second kappa shape index (κ2) is 15.3. The third kappa shape index (κ3) is 10.7. The van der Waals surface area contributed by atoms with Gasteiger partial charge in [-0.25, -0.2) is 4.39 Å². The quantitative estimate of drug-likeness (QED) is 0.475. The summed E-state index contributed by atoms with van der Waals surface area (Å²) in [5.41, 5.74) is 0.961. The average molecular weight is 412 g/mol. The lowest BCUT2D eigenvalue weighted by molar-refractivity contribution is -0.140. The number of nitrogens with zero attached hydrogens (tertiary/aromatic N) is 1. The van der Waals surface area contributed by atoms with Gasteiger partial charge in [-0.3, -0.25) is 4.79 Å². The lowest BCUT2D eigenvalue weighted by Gasteiger charge is -2.22. The van der Waals surface area contributed by atoms with E-state index in [1.807, 2.05) is 11.8 Å². The van der Waals surface area contributed by atoms with E-state index in [1.54, 1.807) is 19.3 Å². The highest BCUT2D eigenvalue weighted by Gasteiger charge is 2.28. The average Bonchev–Trinajstić information content (AvgIpc) is 3.11. The summed E-state index contributed by atoms with van der Waals surface area (Å²) in [7, 11) is 1.66. The normalized spacial score (nSPS) is 21.8. The minimum Gasteiger partial charge on any atom is -0.383 e. The third-order valence-electron chi connectivity index (χ3n) is 4.85. The Kier molecular flexibility index (Phi) is 13.5. The molecule has 0 aromatic heterocycles. The minimum atomic E-state index is -0.210. The molecule has 0 bridgehead atoms. The van der Waals surface area contributed by atoms with Gasteiger partial charge in [0.15, 0.2) is 0 Å². The van der Waals surface area contributed by atoms with Crippen LogP contribution in [-0.2, 0) is 14.3 Å². The largest absolute Gasteiger partial charge is 0.383 e. The van der Waals surface area contributed by atoms with Crippen LogP contribution in [-0.4, -0.2) is 76.0 Å². The van der Waals surface area contributed by atoms with Crippen LogP contribution >= 0.6 is 0 Å². The van der Waals surface area contributed by atoms with Crippen LogP contribution in [0.4, 0.5) is 4.39 Å². The molecule has 2 aliphatic heterocycles. The first-order valence-corrected chi connectivity index (χ1v) is 10.5. The maximum absolute atomic E-state index is 12.5. The minimum absolute atomic E-state index is 0.145. The van der Waals surface area contributed by atoms with Gasteiger partial charge in [-0.1, -0.05) is 18.7 Å². The molecule has 2 fully saturated rings. The van der Waals surface area contributed by atoms with Gasteiger partial charge in [-0.15, -0.1) is 0 Å². The third-order valence-corrected chi connectivity index (χ3v) is 4.85. The van der Waals surface area contributed by atoms with Gasteiger partial charge in [0.25, 0.3) is 5.91 Å². The first kappa shape index (κ1) is 25.5. The van der Waals surface area contributed by atoms with Gasteiger partial charge in [-0.2, -0.15) is 0 Å². The Bertz CT molecular complexity index is 533. The van der Waals surface area contributed by atoms with Crippen molar-refractivity contribution in [2.24, 2.45) is 0 Å². The van der Waals surface area contributed by atoms with Crippen molar-refractivity contribution in [1.82, 2.24) is 15.5 Å². The van der Waals surface area contributed by atoms with E-state index in [1.165, 1.54) is 13.0 Å². The lowest BCUT2D eigenvalue weighted by atomic mass is 10.1. The fourth-order valence-electron chi connectivity index (χ4n) is 3.14. The van der Waals surface area contributed by atoms with Crippen LogP contribution in [0.15, 0.2) is 36.2 Å². The Morgan fingerprint density at radius 3 is 2.79 bits per heavy atom. The SMILES string of the molecule is C=C/C(=C\C=C(/C)F)C(C)NCCOC.O=C(C1CCCO1)N1CCCNCC1. The van der Waals surface area contributed by atoms with Crippen molar-refractivity contribution in [1.29, 1.82) is 0 Å². The molecule has 2 aliphatic rings. The number of carbonyl (C=O) groups excluding carboxylic acids is 1. The molecule has 0 spiro atoms. The number of allylic oxidation sites excluding steroid dienone is 3. The highest BCUT2D eigenvalue weighted by atomic mass is 19.1. The van der Waals surface area contributed by atoms with Crippen molar-refractivity contribution < 1.29 is 18.7 Å². The van der Waals surface area contributed by atoms with Crippen molar-refractivity contribution in [3.63, 3.8) is 0 Å². The van der Waals surface area contributed by atoms with Crippen LogP contribution in [0.1, 0.15) is 33.1 Å². The summed E-state index contributed by atoms with van der Waals surface area (Å²) in [5.74, 6) is -0.00959. The zero-order chi connectivity index (χ0) is 21.5. The summed E-state index contributed by atoms with van der Waals surface area (Å²) >= 11 is 0. The number of hydrogen-bond acceptors (Lipinski definition) is 5.